The normalized spacial score (nSPS) is 14.5. The lowest BCUT2D eigenvalue weighted by molar-refractivity contribution is 0.302. The van der Waals surface area contributed by atoms with Crippen molar-refractivity contribution < 1.29 is 5.11 Å². The molecule has 1 heterocycles. The molecule has 1 aliphatic carbocycles. The molecule has 1 unspecified atom stereocenters. The SMILES string of the molecule is Cc1cc(O)cc(C)c1CC(CNc1nc(CC2Cc3ccccc3C2)cc(=O)[nH]1)N(C)C. The van der Waals surface area contributed by atoms with E-state index in [0.29, 0.717) is 24.2 Å². The van der Waals surface area contributed by atoms with Crippen molar-refractivity contribution in [1.29, 1.82) is 0 Å². The number of nitrogens with one attached hydrogen (secondary N) is 2. The Morgan fingerprint density at radius 2 is 1.76 bits per heavy atom. The van der Waals surface area contributed by atoms with Gasteiger partial charge in [0.2, 0.25) is 5.95 Å². The van der Waals surface area contributed by atoms with Gasteiger partial charge in [0.25, 0.3) is 5.56 Å². The molecule has 6 heteroatoms. The van der Waals surface area contributed by atoms with Crippen LogP contribution in [0.15, 0.2) is 47.3 Å². The predicted molar refractivity (Wildman–Crippen MR) is 133 cm³/mol. The van der Waals surface area contributed by atoms with Crippen molar-refractivity contribution >= 4 is 5.95 Å². The van der Waals surface area contributed by atoms with Gasteiger partial charge in [0.15, 0.2) is 0 Å². The molecule has 3 aromatic rings. The van der Waals surface area contributed by atoms with Crippen molar-refractivity contribution in [3.8, 4) is 5.75 Å². The summed E-state index contributed by atoms with van der Waals surface area (Å²) in [5.74, 6) is 1.32. The van der Waals surface area contributed by atoms with Crippen LogP contribution in [0, 0.1) is 19.8 Å². The van der Waals surface area contributed by atoms with E-state index in [1.807, 2.05) is 26.0 Å². The summed E-state index contributed by atoms with van der Waals surface area (Å²) in [5, 5.41) is 13.2. The zero-order valence-corrected chi connectivity index (χ0v) is 20.0. The number of fused-ring (bicyclic) bond motifs is 1. The maximum Gasteiger partial charge on any atom is 0.252 e. The summed E-state index contributed by atoms with van der Waals surface area (Å²) < 4.78 is 0. The van der Waals surface area contributed by atoms with Crippen molar-refractivity contribution in [2.24, 2.45) is 5.92 Å². The molecule has 0 bridgehead atoms. The second-order valence-corrected chi connectivity index (χ2v) is 9.59. The molecule has 3 N–H and O–H groups in total. The van der Waals surface area contributed by atoms with Gasteiger partial charge in [0.05, 0.1) is 5.69 Å². The van der Waals surface area contributed by atoms with Gasteiger partial charge < -0.3 is 15.3 Å². The number of anilines is 1. The first-order valence-corrected chi connectivity index (χ1v) is 11.6. The second-order valence-electron chi connectivity index (χ2n) is 9.59. The molecule has 0 saturated heterocycles. The Hall–Kier alpha value is -3.12. The predicted octanol–water partition coefficient (Wildman–Crippen LogP) is 3.63. The lowest BCUT2D eigenvalue weighted by Crippen LogP contribution is -2.37. The number of rotatable bonds is 8. The third kappa shape index (κ3) is 5.63. The first-order chi connectivity index (χ1) is 15.8. The summed E-state index contributed by atoms with van der Waals surface area (Å²) in [4.78, 5) is 22.1. The van der Waals surface area contributed by atoms with E-state index in [-0.39, 0.29) is 11.6 Å². The monoisotopic (exact) mass is 446 g/mol. The van der Waals surface area contributed by atoms with Gasteiger partial charge in [-0.2, -0.15) is 0 Å². The van der Waals surface area contributed by atoms with Gasteiger partial charge in [-0.1, -0.05) is 24.3 Å². The molecule has 0 radical (unpaired) electrons. The van der Waals surface area contributed by atoms with Gasteiger partial charge in [0, 0.05) is 18.7 Å². The van der Waals surface area contributed by atoms with Crippen LogP contribution in [0.4, 0.5) is 5.95 Å². The number of aromatic hydroxyl groups is 1. The van der Waals surface area contributed by atoms with E-state index >= 15 is 0 Å². The lowest BCUT2D eigenvalue weighted by atomic mass is 9.95. The van der Waals surface area contributed by atoms with Crippen molar-refractivity contribution in [2.45, 2.75) is 45.6 Å². The zero-order valence-electron chi connectivity index (χ0n) is 20.0. The molecule has 1 aromatic heterocycles. The molecule has 0 aliphatic heterocycles. The van der Waals surface area contributed by atoms with Gasteiger partial charge in [-0.15, -0.1) is 0 Å². The summed E-state index contributed by atoms with van der Waals surface area (Å²) in [7, 11) is 4.11. The summed E-state index contributed by atoms with van der Waals surface area (Å²) in [6.07, 6.45) is 3.72. The first-order valence-electron chi connectivity index (χ1n) is 11.6. The number of nitrogens with zero attached hydrogens (tertiary/aromatic N) is 2. The lowest BCUT2D eigenvalue weighted by Gasteiger charge is -2.26. The fraction of sp³-hybridized carbons (Fsp3) is 0.407. The van der Waals surface area contributed by atoms with Gasteiger partial charge in [-0.05, 0) is 99.5 Å². The minimum absolute atomic E-state index is 0.121. The van der Waals surface area contributed by atoms with E-state index < -0.39 is 0 Å². The number of phenols is 1. The molecule has 1 aliphatic rings. The molecule has 0 fully saturated rings. The molecule has 0 saturated carbocycles. The van der Waals surface area contributed by atoms with Crippen LogP contribution in [0.2, 0.25) is 0 Å². The average molecular weight is 447 g/mol. The topological polar surface area (TPSA) is 81.2 Å². The molecule has 2 aromatic carbocycles. The van der Waals surface area contributed by atoms with Crippen LogP contribution in [0.5, 0.6) is 5.75 Å². The van der Waals surface area contributed by atoms with E-state index in [9.17, 15) is 9.90 Å². The van der Waals surface area contributed by atoms with Crippen molar-refractivity contribution in [3.05, 3.63) is 86.3 Å². The minimum Gasteiger partial charge on any atom is -0.508 e. The van der Waals surface area contributed by atoms with Crippen LogP contribution in [0.3, 0.4) is 0 Å². The number of benzene rings is 2. The van der Waals surface area contributed by atoms with Gasteiger partial charge in [0.1, 0.15) is 5.75 Å². The maximum atomic E-state index is 12.3. The summed E-state index contributed by atoms with van der Waals surface area (Å²) in [6.45, 7) is 4.71. The molecule has 6 nitrogen and oxygen atoms in total. The maximum absolute atomic E-state index is 12.3. The Kier molecular flexibility index (Phi) is 6.84. The highest BCUT2D eigenvalue weighted by atomic mass is 16.3. The van der Waals surface area contributed by atoms with E-state index in [1.54, 1.807) is 6.07 Å². The van der Waals surface area contributed by atoms with Crippen molar-refractivity contribution in [1.82, 2.24) is 14.9 Å². The summed E-state index contributed by atoms with van der Waals surface area (Å²) in [6, 6.07) is 14.0. The molecule has 0 amide bonds. The number of aromatic amines is 1. The second kappa shape index (κ2) is 9.79. The third-order valence-electron chi connectivity index (χ3n) is 6.78. The molecular weight excluding hydrogens is 412 g/mol. The van der Waals surface area contributed by atoms with Gasteiger partial charge >= 0.3 is 0 Å². The molecule has 0 spiro atoms. The Bertz CT molecular complexity index is 1140. The first kappa shape index (κ1) is 23.1. The van der Waals surface area contributed by atoms with Crippen LogP contribution in [-0.4, -0.2) is 46.7 Å². The smallest absolute Gasteiger partial charge is 0.252 e. The van der Waals surface area contributed by atoms with E-state index in [1.165, 1.54) is 16.7 Å². The molecule has 174 valence electrons. The van der Waals surface area contributed by atoms with Crippen LogP contribution in [-0.2, 0) is 25.7 Å². The highest BCUT2D eigenvalue weighted by molar-refractivity contribution is 5.41. The highest BCUT2D eigenvalue weighted by Crippen LogP contribution is 2.28. The van der Waals surface area contributed by atoms with E-state index in [2.05, 4.69) is 53.6 Å². The number of phenolic OH excluding ortho intramolecular Hbond substituents is 1. The quantitative estimate of drug-likeness (QED) is 0.492. The van der Waals surface area contributed by atoms with Crippen LogP contribution >= 0.6 is 0 Å². The van der Waals surface area contributed by atoms with Crippen molar-refractivity contribution in [2.75, 3.05) is 26.0 Å². The largest absolute Gasteiger partial charge is 0.508 e. The van der Waals surface area contributed by atoms with Crippen LogP contribution < -0.4 is 10.9 Å². The van der Waals surface area contributed by atoms with Crippen LogP contribution in [0.25, 0.3) is 0 Å². The fourth-order valence-corrected chi connectivity index (χ4v) is 4.97. The minimum atomic E-state index is -0.121. The molecule has 33 heavy (non-hydrogen) atoms. The fourth-order valence-electron chi connectivity index (χ4n) is 4.97. The summed E-state index contributed by atoms with van der Waals surface area (Å²) in [5.41, 5.74) is 6.97. The van der Waals surface area contributed by atoms with Crippen LogP contribution in [0.1, 0.15) is 33.5 Å². The standard InChI is InChI=1S/C27H34N4O2/c1-17-9-24(32)10-18(2)25(17)15-23(31(3)4)16-28-27-29-22(14-26(33)30-27)13-19-11-20-7-5-6-8-21(20)12-19/h5-10,14,19,23,32H,11-13,15-16H2,1-4H3,(H2,28,29,30,33). The Morgan fingerprint density at radius 1 is 1.12 bits per heavy atom. The highest BCUT2D eigenvalue weighted by Gasteiger charge is 2.22. The third-order valence-corrected chi connectivity index (χ3v) is 6.78. The number of hydrogen-bond acceptors (Lipinski definition) is 5. The number of hydrogen-bond donors (Lipinski definition) is 3. The molecule has 4 rings (SSSR count). The Balaban J connectivity index is 1.43. The molecule has 1 atom stereocenters. The van der Waals surface area contributed by atoms with E-state index in [4.69, 9.17) is 4.98 Å². The van der Waals surface area contributed by atoms with E-state index in [0.717, 1.165) is 42.5 Å². The Labute approximate surface area is 195 Å². The zero-order chi connectivity index (χ0) is 23.5. The number of H-pyrrole nitrogens is 1. The summed E-state index contributed by atoms with van der Waals surface area (Å²) >= 11 is 0. The molecular formula is C27H34N4O2. The van der Waals surface area contributed by atoms with Gasteiger partial charge in [-0.25, -0.2) is 4.98 Å². The number of likely N-dealkylation sites (N-methyl/N-ethyl adjacent to an activating group) is 1. The number of aryl methyl sites for hydroxylation is 2. The van der Waals surface area contributed by atoms with Crippen molar-refractivity contribution in [3.63, 3.8) is 0 Å². The van der Waals surface area contributed by atoms with Gasteiger partial charge in [-0.3, -0.25) is 9.78 Å². The number of aromatic nitrogens is 2. The average Bonchev–Trinajstić information content (AvgIpc) is 3.14. The Morgan fingerprint density at radius 3 is 2.36 bits per heavy atom.